The molecule has 0 bridgehead atoms. The van der Waals surface area contributed by atoms with Gasteiger partial charge in [-0.05, 0) is 36.2 Å². The SMILES string of the molecule is CC(=O)N(NCc1cccc(F)c1Cl)[C@H](CONC(=O)N1CSc2cc(Cl)ccc21)C[C@@H](O)CO. The number of benzene rings is 2. The lowest BCUT2D eigenvalue weighted by atomic mass is 10.1. The minimum absolute atomic E-state index is 0.0125. The average Bonchev–Trinajstić information content (AvgIpc) is 3.24. The monoisotopic (exact) mass is 546 g/mol. The second-order valence-corrected chi connectivity index (χ2v) is 9.50. The first-order chi connectivity index (χ1) is 16.7. The zero-order valence-corrected chi connectivity index (χ0v) is 21.0. The number of urea groups is 1. The van der Waals surface area contributed by atoms with E-state index >= 15 is 0 Å². The molecule has 2 atom stereocenters. The number of nitrogens with zero attached hydrogens (tertiary/aromatic N) is 2. The van der Waals surface area contributed by atoms with Crippen LogP contribution in [0.5, 0.6) is 0 Å². The van der Waals surface area contributed by atoms with E-state index in [0.717, 1.165) is 4.90 Å². The Kier molecular flexibility index (Phi) is 9.99. The van der Waals surface area contributed by atoms with Gasteiger partial charge < -0.3 is 10.2 Å². The summed E-state index contributed by atoms with van der Waals surface area (Å²) >= 11 is 13.4. The number of hydrazine groups is 1. The van der Waals surface area contributed by atoms with Crippen molar-refractivity contribution in [3.05, 3.63) is 57.8 Å². The molecule has 0 radical (unpaired) electrons. The molecule has 0 spiro atoms. The van der Waals surface area contributed by atoms with Gasteiger partial charge in [-0.15, -0.1) is 11.8 Å². The average molecular weight is 547 g/mol. The summed E-state index contributed by atoms with van der Waals surface area (Å²) in [5.74, 6) is -0.653. The van der Waals surface area contributed by atoms with Gasteiger partial charge in [0.15, 0.2) is 0 Å². The van der Waals surface area contributed by atoms with E-state index in [1.807, 2.05) is 0 Å². The van der Waals surface area contributed by atoms with Gasteiger partial charge in [-0.1, -0.05) is 35.3 Å². The van der Waals surface area contributed by atoms with Crippen LogP contribution in [0, 0.1) is 5.82 Å². The lowest BCUT2D eigenvalue weighted by Crippen LogP contribution is -2.52. The second-order valence-electron chi connectivity index (χ2n) is 7.69. The van der Waals surface area contributed by atoms with E-state index in [-0.39, 0.29) is 24.6 Å². The zero-order valence-electron chi connectivity index (χ0n) is 18.7. The first-order valence-corrected chi connectivity index (χ1v) is 12.3. The van der Waals surface area contributed by atoms with Gasteiger partial charge in [0.05, 0.1) is 41.9 Å². The van der Waals surface area contributed by atoms with Crippen molar-refractivity contribution in [2.24, 2.45) is 0 Å². The molecular weight excluding hydrogens is 522 g/mol. The van der Waals surface area contributed by atoms with Crippen molar-refractivity contribution >= 4 is 52.6 Å². The van der Waals surface area contributed by atoms with Crippen LogP contribution in [-0.4, -0.2) is 58.4 Å². The fraction of sp³-hybridized carbons (Fsp3) is 0.364. The molecule has 0 fully saturated rings. The number of aliphatic hydroxyl groups is 2. The summed E-state index contributed by atoms with van der Waals surface area (Å²) in [7, 11) is 0. The number of rotatable bonds is 10. The number of hydrogen-bond donors (Lipinski definition) is 4. The molecule has 1 heterocycles. The highest BCUT2D eigenvalue weighted by Gasteiger charge is 2.28. The fourth-order valence-corrected chi connectivity index (χ4v) is 4.93. The molecule has 2 aromatic carbocycles. The maximum atomic E-state index is 13.7. The van der Waals surface area contributed by atoms with E-state index in [0.29, 0.717) is 22.2 Å². The molecule has 9 nitrogen and oxygen atoms in total. The number of fused-ring (bicyclic) bond motifs is 1. The fourth-order valence-electron chi connectivity index (χ4n) is 3.44. The van der Waals surface area contributed by atoms with E-state index in [1.165, 1.54) is 40.7 Å². The molecule has 0 saturated heterocycles. The van der Waals surface area contributed by atoms with Crippen LogP contribution in [0.15, 0.2) is 41.3 Å². The van der Waals surface area contributed by atoms with E-state index in [4.69, 9.17) is 28.0 Å². The summed E-state index contributed by atoms with van der Waals surface area (Å²) in [6, 6.07) is 8.18. The Morgan fingerprint density at radius 2 is 2.09 bits per heavy atom. The van der Waals surface area contributed by atoms with E-state index < -0.39 is 36.5 Å². The maximum absolute atomic E-state index is 13.7. The molecule has 190 valence electrons. The van der Waals surface area contributed by atoms with Gasteiger partial charge in [0, 0.05) is 23.4 Å². The third-order valence-corrected chi connectivity index (χ3v) is 6.86. The van der Waals surface area contributed by atoms with Crippen molar-refractivity contribution in [3.8, 4) is 0 Å². The third kappa shape index (κ3) is 7.20. The quantitative estimate of drug-likeness (QED) is 0.338. The smallest absolute Gasteiger partial charge is 0.346 e. The van der Waals surface area contributed by atoms with Gasteiger partial charge >= 0.3 is 6.03 Å². The molecule has 0 aliphatic carbocycles. The second kappa shape index (κ2) is 12.7. The summed E-state index contributed by atoms with van der Waals surface area (Å²) in [5.41, 5.74) is 6.31. The lowest BCUT2D eigenvalue weighted by molar-refractivity contribution is -0.139. The first kappa shape index (κ1) is 27.5. The van der Waals surface area contributed by atoms with Crippen LogP contribution in [0.4, 0.5) is 14.9 Å². The number of amides is 3. The molecule has 3 amide bonds. The number of carbonyl (C=O) groups excluding carboxylic acids is 2. The van der Waals surface area contributed by atoms with Gasteiger partial charge in [-0.25, -0.2) is 20.1 Å². The lowest BCUT2D eigenvalue weighted by Gasteiger charge is -2.32. The van der Waals surface area contributed by atoms with Crippen LogP contribution in [0.1, 0.15) is 18.9 Å². The van der Waals surface area contributed by atoms with Crippen LogP contribution >= 0.6 is 35.0 Å². The van der Waals surface area contributed by atoms with Crippen molar-refractivity contribution in [3.63, 3.8) is 0 Å². The number of carbonyl (C=O) groups is 2. The molecular formula is C22H25Cl2FN4O5S. The van der Waals surface area contributed by atoms with Gasteiger partial charge in [-0.3, -0.25) is 19.5 Å². The number of thioether (sulfide) groups is 1. The van der Waals surface area contributed by atoms with Crippen molar-refractivity contribution in [1.29, 1.82) is 0 Å². The molecule has 2 aromatic rings. The van der Waals surface area contributed by atoms with E-state index in [2.05, 4.69) is 10.9 Å². The summed E-state index contributed by atoms with van der Waals surface area (Å²) in [5, 5.41) is 20.9. The Balaban J connectivity index is 1.64. The highest BCUT2D eigenvalue weighted by atomic mass is 35.5. The highest BCUT2D eigenvalue weighted by Crippen LogP contribution is 2.39. The third-order valence-electron chi connectivity index (χ3n) is 5.17. The molecule has 35 heavy (non-hydrogen) atoms. The molecule has 0 unspecified atom stereocenters. The molecule has 0 saturated carbocycles. The Bertz CT molecular complexity index is 1070. The van der Waals surface area contributed by atoms with Crippen LogP contribution in [-0.2, 0) is 16.2 Å². The summed E-state index contributed by atoms with van der Waals surface area (Å²) < 4.78 is 13.7. The molecule has 3 rings (SSSR count). The molecule has 1 aliphatic rings. The number of anilines is 1. The number of halogens is 3. The first-order valence-electron chi connectivity index (χ1n) is 10.6. The number of nitrogens with one attached hydrogen (secondary N) is 2. The Labute approximate surface area is 216 Å². The standard InChI is InChI=1S/C22H25Cl2FN4O5S/c1-13(31)29(26-9-14-3-2-4-18(25)21(14)24)16(8-17(32)10-30)11-34-27-22(33)28-12-35-20-7-15(23)5-6-19(20)28/h2-7,16-17,26,30,32H,8-12H2,1H3,(H,27,33)/t16-,17+/m0/s1. The normalized spacial score (nSPS) is 14.4. The maximum Gasteiger partial charge on any atom is 0.346 e. The van der Waals surface area contributed by atoms with Crippen molar-refractivity contribution in [1.82, 2.24) is 15.9 Å². The molecule has 4 N–H and O–H groups in total. The van der Waals surface area contributed by atoms with Crippen LogP contribution in [0.2, 0.25) is 10.0 Å². The van der Waals surface area contributed by atoms with Gasteiger partial charge in [0.25, 0.3) is 0 Å². The molecule has 13 heteroatoms. The number of aliphatic hydroxyl groups excluding tert-OH is 2. The number of hydrogen-bond acceptors (Lipinski definition) is 7. The predicted octanol–water partition coefficient (Wildman–Crippen LogP) is 3.31. The summed E-state index contributed by atoms with van der Waals surface area (Å²) in [6.07, 6.45) is -1.20. The minimum Gasteiger partial charge on any atom is -0.394 e. The molecule has 1 aliphatic heterocycles. The van der Waals surface area contributed by atoms with E-state index in [9.17, 15) is 24.2 Å². The van der Waals surface area contributed by atoms with E-state index in [1.54, 1.807) is 24.3 Å². The Hall–Kier alpha value is -2.12. The van der Waals surface area contributed by atoms with Gasteiger partial charge in [-0.2, -0.15) is 0 Å². The molecule has 0 aromatic heterocycles. The van der Waals surface area contributed by atoms with Gasteiger partial charge in [0.1, 0.15) is 5.82 Å². The summed E-state index contributed by atoms with van der Waals surface area (Å²) in [6.45, 7) is 0.564. The van der Waals surface area contributed by atoms with Crippen LogP contribution in [0.3, 0.4) is 0 Å². The van der Waals surface area contributed by atoms with Gasteiger partial charge in [0.2, 0.25) is 5.91 Å². The topological polar surface area (TPSA) is 114 Å². The highest BCUT2D eigenvalue weighted by molar-refractivity contribution is 8.00. The van der Waals surface area contributed by atoms with Crippen LogP contribution < -0.4 is 15.8 Å². The zero-order chi connectivity index (χ0) is 25.5. The van der Waals surface area contributed by atoms with Crippen molar-refractivity contribution < 1.29 is 29.0 Å². The van der Waals surface area contributed by atoms with Crippen molar-refractivity contribution in [2.45, 2.75) is 36.9 Å². The largest absolute Gasteiger partial charge is 0.394 e. The predicted molar refractivity (Wildman–Crippen MR) is 131 cm³/mol. The Morgan fingerprint density at radius 3 is 2.80 bits per heavy atom. The summed E-state index contributed by atoms with van der Waals surface area (Å²) in [4.78, 5) is 32.7. The Morgan fingerprint density at radius 1 is 1.31 bits per heavy atom. The number of hydroxylamine groups is 1. The van der Waals surface area contributed by atoms with Crippen LogP contribution in [0.25, 0.3) is 0 Å². The van der Waals surface area contributed by atoms with Crippen molar-refractivity contribution in [2.75, 3.05) is 24.0 Å². The minimum atomic E-state index is -1.15.